The SMILES string of the molecule is Cc1nc(-c2ccc(-c3ccc(O[C@H]4C[C@@H]5CCC[C@@H](N5)[C@H]4F)nn3)c(O)c2)cs1. The molecule has 4 heterocycles. The maximum Gasteiger partial charge on any atom is 0.233 e. The summed E-state index contributed by atoms with van der Waals surface area (Å²) < 4.78 is 20.6. The van der Waals surface area contributed by atoms with Gasteiger partial charge < -0.3 is 15.2 Å². The number of nitrogens with one attached hydrogen (secondary N) is 1. The van der Waals surface area contributed by atoms with Crippen molar-refractivity contribution in [2.24, 2.45) is 0 Å². The molecule has 0 radical (unpaired) electrons. The lowest BCUT2D eigenvalue weighted by Crippen LogP contribution is -2.59. The van der Waals surface area contributed by atoms with E-state index in [1.54, 1.807) is 35.6 Å². The molecule has 0 unspecified atom stereocenters. The van der Waals surface area contributed by atoms with Crippen LogP contribution in [0.15, 0.2) is 35.7 Å². The van der Waals surface area contributed by atoms with Gasteiger partial charge in [0.25, 0.3) is 0 Å². The highest BCUT2D eigenvalue weighted by atomic mass is 32.1. The highest BCUT2D eigenvalue weighted by molar-refractivity contribution is 7.09. The molecule has 2 saturated heterocycles. The van der Waals surface area contributed by atoms with Crippen LogP contribution >= 0.6 is 11.3 Å². The summed E-state index contributed by atoms with van der Waals surface area (Å²) in [6, 6.07) is 8.98. The molecule has 2 N–H and O–H groups in total. The number of phenolic OH excluding ortho intramolecular Hbond substituents is 1. The van der Waals surface area contributed by atoms with Crippen LogP contribution in [0.25, 0.3) is 22.5 Å². The molecule has 1 aromatic carbocycles. The summed E-state index contributed by atoms with van der Waals surface area (Å²) in [6.45, 7) is 1.95. The topological polar surface area (TPSA) is 80.2 Å². The molecule has 2 aliphatic heterocycles. The molecule has 4 atom stereocenters. The van der Waals surface area contributed by atoms with Crippen LogP contribution in [0.2, 0.25) is 0 Å². The Morgan fingerprint density at radius 2 is 2.07 bits per heavy atom. The van der Waals surface area contributed by atoms with E-state index in [1.165, 1.54) is 0 Å². The fourth-order valence-corrected chi connectivity index (χ4v) is 4.98. The van der Waals surface area contributed by atoms with Gasteiger partial charge in [-0.2, -0.15) is 0 Å². The predicted octanol–water partition coefficient (Wildman–Crippen LogP) is 4.28. The number of aromatic hydroxyl groups is 1. The van der Waals surface area contributed by atoms with Crippen LogP contribution in [0.3, 0.4) is 0 Å². The average Bonchev–Trinajstić information content (AvgIpc) is 3.19. The number of fused-ring (bicyclic) bond motifs is 2. The van der Waals surface area contributed by atoms with Crippen molar-refractivity contribution in [2.45, 2.75) is 57.0 Å². The van der Waals surface area contributed by atoms with Gasteiger partial charge in [-0.05, 0) is 38.0 Å². The summed E-state index contributed by atoms with van der Waals surface area (Å²) in [5.41, 5.74) is 2.78. The molecule has 5 rings (SSSR count). The second kappa shape index (κ2) is 7.92. The van der Waals surface area contributed by atoms with Crippen LogP contribution < -0.4 is 10.1 Å². The molecule has 0 aliphatic carbocycles. The minimum Gasteiger partial charge on any atom is -0.507 e. The first-order chi connectivity index (χ1) is 14.6. The first-order valence-electron chi connectivity index (χ1n) is 10.2. The normalized spacial score (nSPS) is 25.8. The number of rotatable bonds is 4. The molecule has 2 bridgehead atoms. The van der Waals surface area contributed by atoms with Crippen molar-refractivity contribution in [2.75, 3.05) is 0 Å². The van der Waals surface area contributed by atoms with Gasteiger partial charge in [-0.25, -0.2) is 9.37 Å². The highest BCUT2D eigenvalue weighted by Gasteiger charge is 2.41. The summed E-state index contributed by atoms with van der Waals surface area (Å²) in [4.78, 5) is 4.45. The number of benzene rings is 1. The van der Waals surface area contributed by atoms with Crippen LogP contribution in [-0.2, 0) is 0 Å². The van der Waals surface area contributed by atoms with Gasteiger partial charge in [0, 0.05) is 41.1 Å². The molecule has 30 heavy (non-hydrogen) atoms. The van der Waals surface area contributed by atoms with Crippen molar-refractivity contribution in [1.29, 1.82) is 0 Å². The number of halogens is 1. The standard InChI is InChI=1S/C22H23FN4O2S/c1-12-24-18(11-30-12)13-5-6-15(19(28)9-13)16-7-8-21(27-26-16)29-20-10-14-3-2-4-17(25-14)22(20)23/h5-9,11,14,17,20,22,25,28H,2-4,10H2,1H3/t14-,17+,20-,22+/m0/s1. The van der Waals surface area contributed by atoms with E-state index in [4.69, 9.17) is 4.74 Å². The predicted molar refractivity (Wildman–Crippen MR) is 113 cm³/mol. The Morgan fingerprint density at radius 3 is 2.80 bits per heavy atom. The molecule has 156 valence electrons. The Bertz CT molecular complexity index is 1040. The lowest BCUT2D eigenvalue weighted by molar-refractivity contribution is 0.00652. The molecular formula is C22H23FN4O2S. The molecule has 2 aromatic heterocycles. The summed E-state index contributed by atoms with van der Waals surface area (Å²) in [5.74, 6) is 0.413. The number of ether oxygens (including phenoxy) is 1. The quantitative estimate of drug-likeness (QED) is 0.648. The van der Waals surface area contributed by atoms with Crippen molar-refractivity contribution in [3.8, 4) is 34.1 Å². The Balaban J connectivity index is 1.31. The maximum absolute atomic E-state index is 14.7. The van der Waals surface area contributed by atoms with Gasteiger partial charge >= 0.3 is 0 Å². The van der Waals surface area contributed by atoms with E-state index in [-0.39, 0.29) is 11.8 Å². The second-order valence-corrected chi connectivity index (χ2v) is 9.04. The molecule has 0 saturated carbocycles. The molecule has 2 aliphatic rings. The maximum atomic E-state index is 14.7. The van der Waals surface area contributed by atoms with E-state index in [0.29, 0.717) is 29.6 Å². The third-order valence-electron chi connectivity index (χ3n) is 5.87. The van der Waals surface area contributed by atoms with E-state index in [0.717, 1.165) is 35.5 Å². The van der Waals surface area contributed by atoms with Crippen LogP contribution in [0.5, 0.6) is 11.6 Å². The monoisotopic (exact) mass is 426 g/mol. The van der Waals surface area contributed by atoms with Gasteiger partial charge in [-0.15, -0.1) is 21.5 Å². The Morgan fingerprint density at radius 1 is 1.17 bits per heavy atom. The highest BCUT2D eigenvalue weighted by Crippen LogP contribution is 2.34. The largest absolute Gasteiger partial charge is 0.507 e. The minimum atomic E-state index is -1.05. The third kappa shape index (κ3) is 3.77. The smallest absolute Gasteiger partial charge is 0.233 e. The van der Waals surface area contributed by atoms with E-state index >= 15 is 0 Å². The van der Waals surface area contributed by atoms with Crippen LogP contribution in [-0.4, -0.2) is 44.6 Å². The van der Waals surface area contributed by atoms with Crippen LogP contribution in [0.1, 0.15) is 30.7 Å². The lowest BCUT2D eigenvalue weighted by atomic mass is 9.84. The van der Waals surface area contributed by atoms with E-state index in [9.17, 15) is 9.50 Å². The van der Waals surface area contributed by atoms with Crippen molar-refractivity contribution < 1.29 is 14.2 Å². The van der Waals surface area contributed by atoms with Crippen molar-refractivity contribution >= 4 is 11.3 Å². The van der Waals surface area contributed by atoms with Gasteiger partial charge in [-0.3, -0.25) is 0 Å². The molecule has 0 spiro atoms. The third-order valence-corrected chi connectivity index (χ3v) is 6.65. The van der Waals surface area contributed by atoms with Gasteiger partial charge in [-0.1, -0.05) is 12.5 Å². The number of hydrogen-bond acceptors (Lipinski definition) is 7. The number of thiazole rings is 1. The summed E-state index contributed by atoms with van der Waals surface area (Å²) >= 11 is 1.57. The minimum absolute atomic E-state index is 0.108. The van der Waals surface area contributed by atoms with E-state index in [2.05, 4.69) is 20.5 Å². The van der Waals surface area contributed by atoms with Crippen molar-refractivity contribution in [3.05, 3.63) is 40.7 Å². The molecule has 8 heteroatoms. The molecule has 6 nitrogen and oxygen atoms in total. The Labute approximate surface area is 178 Å². The summed E-state index contributed by atoms with van der Waals surface area (Å²) in [6.07, 6.45) is 2.06. The first-order valence-corrected chi connectivity index (χ1v) is 11.1. The number of nitrogens with zero attached hydrogens (tertiary/aromatic N) is 3. The van der Waals surface area contributed by atoms with Gasteiger partial charge in [0.2, 0.25) is 5.88 Å². The molecule has 0 amide bonds. The Hall–Kier alpha value is -2.58. The number of piperidine rings is 2. The van der Waals surface area contributed by atoms with Gasteiger partial charge in [0.05, 0.1) is 16.4 Å². The molecule has 2 fully saturated rings. The fraction of sp³-hybridized carbons (Fsp3) is 0.409. The van der Waals surface area contributed by atoms with Crippen LogP contribution in [0.4, 0.5) is 4.39 Å². The zero-order valence-corrected chi connectivity index (χ0v) is 17.4. The first kappa shape index (κ1) is 19.4. The fourth-order valence-electron chi connectivity index (χ4n) is 4.36. The van der Waals surface area contributed by atoms with Gasteiger partial charge in [0.15, 0.2) is 6.17 Å². The number of hydrogen-bond donors (Lipinski definition) is 2. The molecular weight excluding hydrogens is 403 g/mol. The Kier molecular flexibility index (Phi) is 5.12. The van der Waals surface area contributed by atoms with E-state index in [1.807, 2.05) is 18.4 Å². The second-order valence-electron chi connectivity index (χ2n) is 7.98. The number of phenols is 1. The lowest BCUT2D eigenvalue weighted by Gasteiger charge is -2.42. The summed E-state index contributed by atoms with van der Waals surface area (Å²) in [5, 5.41) is 25.1. The number of alkyl halides is 1. The molecule has 3 aromatic rings. The van der Waals surface area contributed by atoms with Gasteiger partial charge in [0.1, 0.15) is 11.9 Å². The van der Waals surface area contributed by atoms with E-state index < -0.39 is 12.3 Å². The van der Waals surface area contributed by atoms with Crippen molar-refractivity contribution in [3.63, 3.8) is 0 Å². The zero-order valence-electron chi connectivity index (χ0n) is 16.6. The average molecular weight is 427 g/mol. The van der Waals surface area contributed by atoms with Crippen molar-refractivity contribution in [1.82, 2.24) is 20.5 Å². The summed E-state index contributed by atoms with van der Waals surface area (Å²) in [7, 11) is 0. The van der Waals surface area contributed by atoms with Crippen LogP contribution in [0, 0.1) is 6.92 Å². The number of aromatic nitrogens is 3. The zero-order chi connectivity index (χ0) is 20.7. The number of aryl methyl sites for hydroxylation is 1.